The minimum Gasteiger partial charge on any atom is -0.497 e. The molecule has 1 unspecified atom stereocenters. The van der Waals surface area contributed by atoms with Gasteiger partial charge in [-0.2, -0.15) is 5.21 Å². The number of rotatable bonds is 6. The maximum atomic E-state index is 12.4. The van der Waals surface area contributed by atoms with Crippen molar-refractivity contribution in [2.45, 2.75) is 13.2 Å². The number of anilines is 1. The number of aromatic amines is 1. The molecule has 1 aromatic carbocycles. The van der Waals surface area contributed by atoms with E-state index in [9.17, 15) is 4.79 Å². The normalized spacial score (nSPS) is 12.1. The van der Waals surface area contributed by atoms with E-state index < -0.39 is 12.2 Å². The first-order valence-electron chi connectivity index (χ1n) is 6.97. The summed E-state index contributed by atoms with van der Waals surface area (Å²) in [5, 5.41) is 16.0. The van der Waals surface area contributed by atoms with Crippen LogP contribution in [0, 0.1) is 0 Å². The quantitative estimate of drug-likeness (QED) is 0.651. The highest BCUT2D eigenvalue weighted by Crippen LogP contribution is 2.36. The summed E-state index contributed by atoms with van der Waals surface area (Å²) >= 11 is 0. The summed E-state index contributed by atoms with van der Waals surface area (Å²) < 4.78 is 21.6. The van der Waals surface area contributed by atoms with Crippen molar-refractivity contribution in [1.29, 1.82) is 0 Å². The van der Waals surface area contributed by atoms with Crippen LogP contribution in [0.4, 0.5) is 5.95 Å². The predicted octanol–water partition coefficient (Wildman–Crippen LogP) is 1.58. The first-order valence-corrected chi connectivity index (χ1v) is 6.97. The van der Waals surface area contributed by atoms with E-state index in [2.05, 4.69) is 25.9 Å². The molecule has 10 nitrogen and oxygen atoms in total. The average Bonchev–Trinajstić information content (AvgIpc) is 3.22. The SMILES string of the molecule is COc1ccc2c(OC(C)OC)c(C(=O)Nc3nn[nH]n3)oc2c1. The molecular weight excluding hydrogens is 318 g/mol. The minimum atomic E-state index is -0.579. The molecule has 2 heterocycles. The monoisotopic (exact) mass is 333 g/mol. The molecule has 0 saturated carbocycles. The Morgan fingerprint density at radius 2 is 2.21 bits per heavy atom. The lowest BCUT2D eigenvalue weighted by molar-refractivity contribution is -0.0381. The van der Waals surface area contributed by atoms with E-state index >= 15 is 0 Å². The van der Waals surface area contributed by atoms with Crippen molar-refractivity contribution in [2.75, 3.05) is 19.5 Å². The van der Waals surface area contributed by atoms with Crippen LogP contribution in [0.5, 0.6) is 11.5 Å². The molecule has 0 saturated heterocycles. The second-order valence-corrected chi connectivity index (χ2v) is 4.73. The Hall–Kier alpha value is -3.14. The molecule has 0 radical (unpaired) electrons. The molecule has 0 aliphatic heterocycles. The zero-order valence-electron chi connectivity index (χ0n) is 13.2. The van der Waals surface area contributed by atoms with Crippen LogP contribution in [0.1, 0.15) is 17.5 Å². The van der Waals surface area contributed by atoms with Gasteiger partial charge in [0.1, 0.15) is 11.3 Å². The van der Waals surface area contributed by atoms with E-state index in [4.69, 9.17) is 18.6 Å². The standard InChI is InChI=1S/C14H15N5O5/c1-7(21-2)23-11-9-5-4-8(22-3)6-10(9)24-12(11)13(20)15-14-16-18-19-17-14/h4-7H,1-3H3,(H2,15,16,17,18,19,20). The summed E-state index contributed by atoms with van der Waals surface area (Å²) in [4.78, 5) is 12.4. The Bertz CT molecular complexity index is 845. The van der Waals surface area contributed by atoms with Gasteiger partial charge in [0.05, 0.1) is 12.5 Å². The summed E-state index contributed by atoms with van der Waals surface area (Å²) in [5.41, 5.74) is 0.436. The number of methoxy groups -OCH3 is 2. The fraction of sp³-hybridized carbons (Fsp3) is 0.286. The molecule has 2 N–H and O–H groups in total. The first kappa shape index (κ1) is 15.7. The van der Waals surface area contributed by atoms with Crippen molar-refractivity contribution in [3.8, 4) is 11.5 Å². The Labute approximate surface area is 136 Å². The van der Waals surface area contributed by atoms with Crippen LogP contribution in [0.15, 0.2) is 22.6 Å². The molecule has 0 fully saturated rings. The van der Waals surface area contributed by atoms with Crippen LogP contribution in [0.25, 0.3) is 11.0 Å². The van der Waals surface area contributed by atoms with Gasteiger partial charge in [-0.25, -0.2) is 0 Å². The summed E-state index contributed by atoms with van der Waals surface area (Å²) in [7, 11) is 3.04. The van der Waals surface area contributed by atoms with E-state index in [0.29, 0.717) is 16.7 Å². The van der Waals surface area contributed by atoms with Crippen molar-refractivity contribution in [1.82, 2.24) is 20.6 Å². The maximum absolute atomic E-state index is 12.4. The Morgan fingerprint density at radius 3 is 2.88 bits per heavy atom. The zero-order chi connectivity index (χ0) is 17.1. The number of furan rings is 1. The second kappa shape index (κ2) is 6.54. The van der Waals surface area contributed by atoms with Gasteiger partial charge in [0.2, 0.25) is 5.76 Å². The van der Waals surface area contributed by atoms with Gasteiger partial charge in [-0.05, 0) is 24.3 Å². The highest BCUT2D eigenvalue weighted by Gasteiger charge is 2.25. The number of hydrogen-bond donors (Lipinski definition) is 2. The van der Waals surface area contributed by atoms with Gasteiger partial charge < -0.3 is 18.6 Å². The van der Waals surface area contributed by atoms with E-state index in [0.717, 1.165) is 0 Å². The smallest absolute Gasteiger partial charge is 0.297 e. The van der Waals surface area contributed by atoms with Crippen molar-refractivity contribution >= 4 is 22.8 Å². The molecule has 3 rings (SSSR count). The third-order valence-corrected chi connectivity index (χ3v) is 3.24. The molecule has 1 amide bonds. The van der Waals surface area contributed by atoms with Gasteiger partial charge >= 0.3 is 0 Å². The van der Waals surface area contributed by atoms with Crippen LogP contribution in [0.3, 0.4) is 0 Å². The molecule has 24 heavy (non-hydrogen) atoms. The number of carbonyl (C=O) groups is 1. The molecule has 2 aromatic heterocycles. The van der Waals surface area contributed by atoms with Crippen molar-refractivity contribution in [2.24, 2.45) is 0 Å². The lowest BCUT2D eigenvalue weighted by Crippen LogP contribution is -2.18. The van der Waals surface area contributed by atoms with Gasteiger partial charge in [0.15, 0.2) is 12.0 Å². The first-order chi connectivity index (χ1) is 11.6. The zero-order valence-corrected chi connectivity index (χ0v) is 13.2. The number of benzene rings is 1. The number of tetrazole rings is 1. The van der Waals surface area contributed by atoms with Crippen LogP contribution >= 0.6 is 0 Å². The number of hydrogen-bond acceptors (Lipinski definition) is 8. The Kier molecular flexibility index (Phi) is 4.29. The molecule has 1 atom stereocenters. The number of carbonyl (C=O) groups excluding carboxylic acids is 1. The van der Waals surface area contributed by atoms with E-state index in [1.807, 2.05) is 0 Å². The Balaban J connectivity index is 2.03. The minimum absolute atomic E-state index is 0.0174. The number of fused-ring (bicyclic) bond motifs is 1. The molecule has 0 aliphatic rings. The number of ether oxygens (including phenoxy) is 3. The van der Waals surface area contributed by atoms with E-state index in [1.165, 1.54) is 7.11 Å². The van der Waals surface area contributed by atoms with Crippen LogP contribution in [-0.4, -0.2) is 47.0 Å². The molecule has 3 aromatic rings. The van der Waals surface area contributed by atoms with Gasteiger partial charge in [0, 0.05) is 13.2 Å². The second-order valence-electron chi connectivity index (χ2n) is 4.73. The fourth-order valence-electron chi connectivity index (χ4n) is 2.03. The highest BCUT2D eigenvalue weighted by molar-refractivity contribution is 6.07. The third-order valence-electron chi connectivity index (χ3n) is 3.24. The van der Waals surface area contributed by atoms with Gasteiger partial charge in [0.25, 0.3) is 11.9 Å². The molecular formula is C14H15N5O5. The van der Waals surface area contributed by atoms with Crippen LogP contribution in [0.2, 0.25) is 0 Å². The van der Waals surface area contributed by atoms with Gasteiger partial charge in [-0.3, -0.25) is 10.1 Å². The van der Waals surface area contributed by atoms with Crippen molar-refractivity contribution < 1.29 is 23.4 Å². The number of nitrogens with zero attached hydrogens (tertiary/aromatic N) is 3. The number of aromatic nitrogens is 4. The highest BCUT2D eigenvalue weighted by atomic mass is 16.7. The van der Waals surface area contributed by atoms with Crippen molar-refractivity contribution in [3.63, 3.8) is 0 Å². The molecule has 0 spiro atoms. The molecule has 10 heteroatoms. The van der Waals surface area contributed by atoms with Gasteiger partial charge in [-0.15, -0.1) is 5.10 Å². The van der Waals surface area contributed by atoms with Crippen LogP contribution in [-0.2, 0) is 4.74 Å². The number of nitrogens with one attached hydrogen (secondary N) is 2. The summed E-state index contributed by atoms with van der Waals surface area (Å²) in [5.74, 6) is 0.247. The molecule has 0 bridgehead atoms. The topological polar surface area (TPSA) is 124 Å². The number of H-pyrrole nitrogens is 1. The fourth-order valence-corrected chi connectivity index (χ4v) is 2.03. The van der Waals surface area contributed by atoms with E-state index in [1.54, 1.807) is 32.2 Å². The summed E-state index contributed by atoms with van der Waals surface area (Å²) in [6, 6.07) is 5.13. The Morgan fingerprint density at radius 1 is 1.38 bits per heavy atom. The number of amides is 1. The summed E-state index contributed by atoms with van der Waals surface area (Å²) in [6.45, 7) is 1.70. The lowest BCUT2D eigenvalue weighted by Gasteiger charge is -2.12. The average molecular weight is 333 g/mol. The van der Waals surface area contributed by atoms with Crippen molar-refractivity contribution in [3.05, 3.63) is 24.0 Å². The van der Waals surface area contributed by atoms with Crippen LogP contribution < -0.4 is 14.8 Å². The predicted molar refractivity (Wildman–Crippen MR) is 82.0 cm³/mol. The largest absolute Gasteiger partial charge is 0.497 e. The van der Waals surface area contributed by atoms with Gasteiger partial charge in [-0.1, -0.05) is 5.10 Å². The molecule has 126 valence electrons. The van der Waals surface area contributed by atoms with E-state index in [-0.39, 0.29) is 17.5 Å². The maximum Gasteiger partial charge on any atom is 0.297 e. The lowest BCUT2D eigenvalue weighted by atomic mass is 10.2. The third kappa shape index (κ3) is 2.99. The summed E-state index contributed by atoms with van der Waals surface area (Å²) in [6.07, 6.45) is -0.579. The molecule has 0 aliphatic carbocycles.